The second-order valence-corrected chi connectivity index (χ2v) is 6.76. The second kappa shape index (κ2) is 5.12. The quantitative estimate of drug-likeness (QED) is 0.882. The molecule has 2 rings (SSSR count). The Balaban J connectivity index is 2.33. The number of hydrogen-bond acceptors (Lipinski definition) is 3. The SMILES string of the molecule is Nc1ccc(S(=O)(=O)Cc2ccccc2Br)cc1. The predicted molar refractivity (Wildman–Crippen MR) is 75.9 cm³/mol. The second-order valence-electron chi connectivity index (χ2n) is 3.92. The van der Waals surface area contributed by atoms with E-state index < -0.39 is 9.84 Å². The third kappa shape index (κ3) is 2.91. The summed E-state index contributed by atoms with van der Waals surface area (Å²) < 4.78 is 25.2. The minimum absolute atomic E-state index is 0.0294. The Morgan fingerprint density at radius 2 is 1.61 bits per heavy atom. The summed E-state index contributed by atoms with van der Waals surface area (Å²) in [7, 11) is -3.34. The maximum Gasteiger partial charge on any atom is 0.182 e. The maximum absolute atomic E-state index is 12.2. The zero-order valence-corrected chi connectivity index (χ0v) is 11.9. The fourth-order valence-corrected chi connectivity index (χ4v) is 3.57. The summed E-state index contributed by atoms with van der Waals surface area (Å²) in [6.45, 7) is 0. The molecule has 0 saturated carbocycles. The van der Waals surface area contributed by atoms with Crippen LogP contribution in [0.5, 0.6) is 0 Å². The van der Waals surface area contributed by atoms with E-state index in [0.29, 0.717) is 5.69 Å². The van der Waals surface area contributed by atoms with Gasteiger partial charge in [0.2, 0.25) is 0 Å². The molecule has 0 atom stereocenters. The summed E-state index contributed by atoms with van der Waals surface area (Å²) in [6.07, 6.45) is 0. The van der Waals surface area contributed by atoms with Gasteiger partial charge < -0.3 is 5.73 Å². The van der Waals surface area contributed by atoms with E-state index in [2.05, 4.69) is 15.9 Å². The fourth-order valence-electron chi connectivity index (χ4n) is 1.58. The highest BCUT2D eigenvalue weighted by molar-refractivity contribution is 9.10. The minimum Gasteiger partial charge on any atom is -0.399 e. The van der Waals surface area contributed by atoms with Crippen LogP contribution >= 0.6 is 15.9 Å². The van der Waals surface area contributed by atoms with Gasteiger partial charge in [0.25, 0.3) is 0 Å². The highest BCUT2D eigenvalue weighted by Gasteiger charge is 2.16. The highest BCUT2D eigenvalue weighted by Crippen LogP contribution is 2.22. The summed E-state index contributed by atoms with van der Waals surface area (Å²) in [5.41, 5.74) is 6.84. The Morgan fingerprint density at radius 1 is 1.00 bits per heavy atom. The van der Waals surface area contributed by atoms with Gasteiger partial charge >= 0.3 is 0 Å². The zero-order valence-electron chi connectivity index (χ0n) is 9.51. The van der Waals surface area contributed by atoms with E-state index in [1.165, 1.54) is 12.1 Å². The van der Waals surface area contributed by atoms with Crippen molar-refractivity contribution in [3.63, 3.8) is 0 Å². The van der Waals surface area contributed by atoms with Gasteiger partial charge in [-0.25, -0.2) is 8.42 Å². The lowest BCUT2D eigenvalue weighted by Gasteiger charge is -2.06. The lowest BCUT2D eigenvalue weighted by atomic mass is 10.2. The first-order chi connectivity index (χ1) is 8.49. The standard InChI is InChI=1S/C13H12BrNO2S/c14-13-4-2-1-3-10(13)9-18(16,17)12-7-5-11(15)6-8-12/h1-8H,9,15H2. The van der Waals surface area contributed by atoms with Crippen molar-refractivity contribution in [2.75, 3.05) is 5.73 Å². The van der Waals surface area contributed by atoms with Crippen molar-refractivity contribution in [1.29, 1.82) is 0 Å². The van der Waals surface area contributed by atoms with Gasteiger partial charge in [-0.1, -0.05) is 34.1 Å². The summed E-state index contributed by atoms with van der Waals surface area (Å²) in [5, 5.41) is 0. The van der Waals surface area contributed by atoms with Gasteiger partial charge in [0.05, 0.1) is 10.6 Å². The van der Waals surface area contributed by atoms with Crippen LogP contribution in [0.3, 0.4) is 0 Å². The largest absolute Gasteiger partial charge is 0.399 e. The van der Waals surface area contributed by atoms with Crippen LogP contribution < -0.4 is 5.73 Å². The van der Waals surface area contributed by atoms with Gasteiger partial charge in [0, 0.05) is 10.2 Å². The minimum atomic E-state index is -3.34. The molecule has 0 spiro atoms. The van der Waals surface area contributed by atoms with Crippen LogP contribution in [0.25, 0.3) is 0 Å². The van der Waals surface area contributed by atoms with E-state index >= 15 is 0 Å². The molecule has 3 nitrogen and oxygen atoms in total. The molecule has 0 aliphatic rings. The number of sulfone groups is 1. The molecule has 18 heavy (non-hydrogen) atoms. The van der Waals surface area contributed by atoms with Gasteiger partial charge in [-0.15, -0.1) is 0 Å². The highest BCUT2D eigenvalue weighted by atomic mass is 79.9. The lowest BCUT2D eigenvalue weighted by molar-refractivity contribution is 0.595. The van der Waals surface area contributed by atoms with Gasteiger partial charge in [0.15, 0.2) is 9.84 Å². The van der Waals surface area contributed by atoms with E-state index in [0.717, 1.165) is 10.0 Å². The molecule has 0 aliphatic heterocycles. The monoisotopic (exact) mass is 325 g/mol. The third-order valence-corrected chi connectivity index (χ3v) is 5.00. The van der Waals surface area contributed by atoms with E-state index in [1.807, 2.05) is 18.2 Å². The van der Waals surface area contributed by atoms with Crippen molar-refractivity contribution in [3.05, 3.63) is 58.6 Å². The number of anilines is 1. The average molecular weight is 326 g/mol. The fraction of sp³-hybridized carbons (Fsp3) is 0.0769. The van der Waals surface area contributed by atoms with Crippen LogP contribution in [-0.2, 0) is 15.6 Å². The number of nitrogen functional groups attached to an aromatic ring is 1. The van der Waals surface area contributed by atoms with Crippen molar-refractivity contribution >= 4 is 31.5 Å². The Morgan fingerprint density at radius 3 is 2.22 bits per heavy atom. The molecule has 2 aromatic carbocycles. The molecule has 0 unspecified atom stereocenters. The molecule has 94 valence electrons. The molecule has 0 fully saturated rings. The molecule has 0 bridgehead atoms. The summed E-state index contributed by atoms with van der Waals surface area (Å²) in [6, 6.07) is 13.5. The molecule has 0 amide bonds. The van der Waals surface area contributed by atoms with Crippen molar-refractivity contribution in [2.24, 2.45) is 0 Å². The Kier molecular flexibility index (Phi) is 3.73. The van der Waals surface area contributed by atoms with Crippen molar-refractivity contribution < 1.29 is 8.42 Å². The molecule has 0 saturated heterocycles. The van der Waals surface area contributed by atoms with Crippen molar-refractivity contribution in [1.82, 2.24) is 0 Å². The Hall–Kier alpha value is -1.33. The van der Waals surface area contributed by atoms with Crippen LogP contribution in [0.4, 0.5) is 5.69 Å². The first-order valence-electron chi connectivity index (χ1n) is 5.31. The van der Waals surface area contributed by atoms with Crippen molar-refractivity contribution in [2.45, 2.75) is 10.6 Å². The molecule has 5 heteroatoms. The van der Waals surface area contributed by atoms with Crippen LogP contribution in [0, 0.1) is 0 Å². The number of hydrogen-bond donors (Lipinski definition) is 1. The van der Waals surface area contributed by atoms with Crippen LogP contribution in [-0.4, -0.2) is 8.42 Å². The van der Waals surface area contributed by atoms with Crippen LogP contribution in [0.1, 0.15) is 5.56 Å². The Bertz CT molecular complexity index is 651. The molecule has 2 N–H and O–H groups in total. The summed E-state index contributed by atoms with van der Waals surface area (Å²) in [4.78, 5) is 0.285. The normalized spacial score (nSPS) is 11.4. The molecule has 2 aromatic rings. The number of benzene rings is 2. The molecular weight excluding hydrogens is 314 g/mol. The molecule has 0 aromatic heterocycles. The summed E-state index contributed by atoms with van der Waals surface area (Å²) in [5.74, 6) is -0.0294. The molecule has 0 radical (unpaired) electrons. The number of nitrogens with two attached hydrogens (primary N) is 1. The first-order valence-corrected chi connectivity index (χ1v) is 7.75. The average Bonchev–Trinajstić information content (AvgIpc) is 2.32. The Labute approximate surface area is 115 Å². The van der Waals surface area contributed by atoms with Gasteiger partial charge in [-0.3, -0.25) is 0 Å². The maximum atomic E-state index is 12.2. The van der Waals surface area contributed by atoms with E-state index in [1.54, 1.807) is 18.2 Å². The third-order valence-electron chi connectivity index (χ3n) is 2.54. The summed E-state index contributed by atoms with van der Waals surface area (Å²) >= 11 is 3.35. The van der Waals surface area contributed by atoms with Gasteiger partial charge in [0.1, 0.15) is 0 Å². The zero-order chi connectivity index (χ0) is 13.2. The topological polar surface area (TPSA) is 60.2 Å². The van der Waals surface area contributed by atoms with Gasteiger partial charge in [-0.2, -0.15) is 0 Å². The number of halogens is 1. The van der Waals surface area contributed by atoms with E-state index in [-0.39, 0.29) is 10.6 Å². The molecule has 0 aliphatic carbocycles. The van der Waals surface area contributed by atoms with Crippen LogP contribution in [0.2, 0.25) is 0 Å². The molecular formula is C13H12BrNO2S. The molecule has 0 heterocycles. The van der Waals surface area contributed by atoms with Gasteiger partial charge in [-0.05, 0) is 35.9 Å². The smallest absolute Gasteiger partial charge is 0.182 e. The lowest BCUT2D eigenvalue weighted by Crippen LogP contribution is -2.05. The van der Waals surface area contributed by atoms with E-state index in [9.17, 15) is 8.42 Å². The van der Waals surface area contributed by atoms with Crippen molar-refractivity contribution in [3.8, 4) is 0 Å². The number of rotatable bonds is 3. The predicted octanol–water partition coefficient (Wildman–Crippen LogP) is 3.01. The van der Waals surface area contributed by atoms with E-state index in [4.69, 9.17) is 5.73 Å². The van der Waals surface area contributed by atoms with Crippen LogP contribution in [0.15, 0.2) is 57.9 Å². The first kappa shape index (κ1) is 13.1.